The number of amides is 1. The van der Waals surface area contributed by atoms with Crippen LogP contribution in [0.3, 0.4) is 0 Å². The second-order valence-electron chi connectivity index (χ2n) is 7.67. The lowest BCUT2D eigenvalue weighted by molar-refractivity contribution is 0.0998. The van der Waals surface area contributed by atoms with Crippen LogP contribution >= 0.6 is 0 Å². The quantitative estimate of drug-likeness (QED) is 0.570. The van der Waals surface area contributed by atoms with Crippen LogP contribution in [0.15, 0.2) is 29.1 Å². The Labute approximate surface area is 184 Å². The van der Waals surface area contributed by atoms with Crippen molar-refractivity contribution >= 4 is 23.0 Å². The van der Waals surface area contributed by atoms with Gasteiger partial charge in [-0.25, -0.2) is 0 Å². The molecule has 1 fully saturated rings. The molecule has 4 rings (SSSR count). The van der Waals surface area contributed by atoms with Gasteiger partial charge in [0.25, 0.3) is 11.5 Å². The first kappa shape index (κ1) is 21.4. The monoisotopic (exact) mass is 435 g/mol. The smallest absolute Gasteiger partial charge is 0.306 e. The van der Waals surface area contributed by atoms with Crippen molar-refractivity contribution in [3.05, 3.63) is 40.2 Å². The second kappa shape index (κ2) is 8.72. The molecule has 0 spiro atoms. The van der Waals surface area contributed by atoms with Crippen molar-refractivity contribution in [1.29, 1.82) is 0 Å². The maximum atomic E-state index is 13.3. The first-order chi connectivity index (χ1) is 15.4. The second-order valence-corrected chi connectivity index (χ2v) is 7.67. The van der Waals surface area contributed by atoms with Crippen LogP contribution in [-0.4, -0.2) is 44.1 Å². The Bertz CT molecular complexity index is 1300. The molecule has 4 N–H and O–H groups in total. The molecular formula is C22H25N7O3. The van der Waals surface area contributed by atoms with Gasteiger partial charge in [0.15, 0.2) is 11.2 Å². The summed E-state index contributed by atoms with van der Waals surface area (Å²) in [7, 11) is 1.55. The maximum absolute atomic E-state index is 13.3. The minimum absolute atomic E-state index is 0.00400. The highest BCUT2D eigenvalue weighted by atomic mass is 16.5. The number of carbonyl (C=O) groups is 1. The van der Waals surface area contributed by atoms with E-state index in [0.29, 0.717) is 24.6 Å². The van der Waals surface area contributed by atoms with Gasteiger partial charge in [0.2, 0.25) is 5.95 Å². The molecule has 10 heteroatoms. The molecule has 1 amide bonds. The number of fused-ring (bicyclic) bond motifs is 1. The van der Waals surface area contributed by atoms with E-state index in [1.165, 1.54) is 4.57 Å². The van der Waals surface area contributed by atoms with Crippen molar-refractivity contribution in [3.63, 3.8) is 0 Å². The van der Waals surface area contributed by atoms with Crippen LogP contribution in [0.5, 0.6) is 11.8 Å². The van der Waals surface area contributed by atoms with Gasteiger partial charge >= 0.3 is 6.01 Å². The number of benzene rings is 1. The Morgan fingerprint density at radius 1 is 1.31 bits per heavy atom. The van der Waals surface area contributed by atoms with Gasteiger partial charge in [0.1, 0.15) is 5.75 Å². The molecule has 166 valence electrons. The third kappa shape index (κ3) is 3.90. The Morgan fingerprint density at radius 3 is 2.81 bits per heavy atom. The van der Waals surface area contributed by atoms with E-state index in [1.54, 1.807) is 42.8 Å². The van der Waals surface area contributed by atoms with Crippen molar-refractivity contribution in [1.82, 2.24) is 19.1 Å². The van der Waals surface area contributed by atoms with E-state index < -0.39 is 5.91 Å². The van der Waals surface area contributed by atoms with Crippen molar-refractivity contribution in [2.75, 3.05) is 18.0 Å². The van der Waals surface area contributed by atoms with Gasteiger partial charge in [-0.15, -0.1) is 5.92 Å². The fraction of sp³-hybridized carbons (Fsp3) is 0.364. The van der Waals surface area contributed by atoms with Crippen molar-refractivity contribution in [2.24, 2.45) is 18.5 Å². The maximum Gasteiger partial charge on any atom is 0.306 e. The van der Waals surface area contributed by atoms with Crippen LogP contribution in [0.2, 0.25) is 0 Å². The lowest BCUT2D eigenvalue weighted by Gasteiger charge is -2.31. The van der Waals surface area contributed by atoms with Crippen molar-refractivity contribution in [2.45, 2.75) is 32.4 Å². The third-order valence-corrected chi connectivity index (χ3v) is 5.43. The first-order valence-electron chi connectivity index (χ1n) is 10.3. The molecular weight excluding hydrogens is 410 g/mol. The number of ether oxygens (including phenoxy) is 1. The molecule has 0 aliphatic carbocycles. The fourth-order valence-corrected chi connectivity index (χ4v) is 3.82. The van der Waals surface area contributed by atoms with E-state index in [9.17, 15) is 9.59 Å². The predicted octanol–water partition coefficient (Wildman–Crippen LogP) is 0.972. The third-order valence-electron chi connectivity index (χ3n) is 5.43. The van der Waals surface area contributed by atoms with Crippen LogP contribution in [-0.2, 0) is 13.6 Å². The minimum atomic E-state index is -0.641. The molecule has 1 atom stereocenters. The number of anilines is 1. The van der Waals surface area contributed by atoms with Gasteiger partial charge in [0, 0.05) is 26.2 Å². The summed E-state index contributed by atoms with van der Waals surface area (Å²) in [6.45, 7) is 3.47. The Kier molecular flexibility index (Phi) is 5.83. The number of nitrogens with zero attached hydrogens (tertiary/aromatic N) is 5. The van der Waals surface area contributed by atoms with Crippen molar-refractivity contribution < 1.29 is 9.53 Å². The van der Waals surface area contributed by atoms with Crippen LogP contribution in [0, 0.1) is 11.8 Å². The molecule has 1 saturated heterocycles. The molecule has 0 bridgehead atoms. The molecule has 1 unspecified atom stereocenters. The number of piperidine rings is 1. The average molecular weight is 435 g/mol. The number of imidazole rings is 1. The summed E-state index contributed by atoms with van der Waals surface area (Å²) in [5, 5.41) is 0. The first-order valence-corrected chi connectivity index (χ1v) is 10.3. The number of nitrogens with two attached hydrogens (primary N) is 2. The highest BCUT2D eigenvalue weighted by Crippen LogP contribution is 2.26. The van der Waals surface area contributed by atoms with Crippen molar-refractivity contribution in [3.8, 4) is 23.6 Å². The lowest BCUT2D eigenvalue weighted by atomic mass is 10.1. The van der Waals surface area contributed by atoms with Gasteiger partial charge in [-0.1, -0.05) is 18.1 Å². The van der Waals surface area contributed by atoms with Gasteiger partial charge in [-0.05, 0) is 31.9 Å². The van der Waals surface area contributed by atoms with E-state index in [1.807, 2.05) is 0 Å². The number of carbonyl (C=O) groups excluding carboxylic acids is 1. The van der Waals surface area contributed by atoms with Gasteiger partial charge in [0.05, 0.1) is 12.1 Å². The zero-order valence-electron chi connectivity index (χ0n) is 18.0. The van der Waals surface area contributed by atoms with Crippen LogP contribution in [0.1, 0.15) is 30.1 Å². The Morgan fingerprint density at radius 2 is 2.09 bits per heavy atom. The Hall–Kier alpha value is -3.84. The number of para-hydroxylation sites is 1. The molecule has 3 aromatic rings. The molecule has 10 nitrogen and oxygen atoms in total. The van der Waals surface area contributed by atoms with Crippen LogP contribution < -0.4 is 26.7 Å². The summed E-state index contributed by atoms with van der Waals surface area (Å²) in [6, 6.07) is 6.55. The summed E-state index contributed by atoms with van der Waals surface area (Å²) in [4.78, 5) is 36.2. The highest BCUT2D eigenvalue weighted by molar-refractivity contribution is 5.95. The van der Waals surface area contributed by atoms with Crippen LogP contribution in [0.25, 0.3) is 11.2 Å². The molecule has 0 radical (unpaired) electrons. The molecule has 3 heterocycles. The summed E-state index contributed by atoms with van der Waals surface area (Å²) < 4.78 is 8.88. The standard InChI is InChI=1S/C22H25N7O3/c1-3-4-12-29-17-19(25-21(29)28-11-7-8-14(23)13-28)26-22(27(2)20(17)31)32-16-10-6-5-9-15(16)18(24)30/h5-6,9-10,14H,7-8,11-13,23H2,1-2H3,(H2,24,30). The molecule has 32 heavy (non-hydrogen) atoms. The summed E-state index contributed by atoms with van der Waals surface area (Å²) in [5.41, 5.74) is 12.0. The zero-order valence-corrected chi connectivity index (χ0v) is 18.0. The normalized spacial score (nSPS) is 16.0. The highest BCUT2D eigenvalue weighted by Gasteiger charge is 2.26. The van der Waals surface area contributed by atoms with E-state index in [0.717, 1.165) is 19.4 Å². The fourth-order valence-electron chi connectivity index (χ4n) is 3.82. The zero-order chi connectivity index (χ0) is 22.8. The minimum Gasteiger partial charge on any atom is -0.425 e. The number of aromatic nitrogens is 4. The molecule has 1 aliphatic heterocycles. The summed E-state index contributed by atoms with van der Waals surface area (Å²) >= 11 is 0. The summed E-state index contributed by atoms with van der Waals surface area (Å²) in [5.74, 6) is 6.05. The van der Waals surface area contributed by atoms with E-state index in [4.69, 9.17) is 16.2 Å². The largest absolute Gasteiger partial charge is 0.425 e. The van der Waals surface area contributed by atoms with Crippen LogP contribution in [0.4, 0.5) is 5.95 Å². The molecule has 2 aromatic heterocycles. The van der Waals surface area contributed by atoms with E-state index in [2.05, 4.69) is 26.7 Å². The van der Waals surface area contributed by atoms with E-state index >= 15 is 0 Å². The number of hydrogen-bond donors (Lipinski definition) is 2. The lowest BCUT2D eigenvalue weighted by Crippen LogP contribution is -2.44. The van der Waals surface area contributed by atoms with Gasteiger partial charge < -0.3 is 21.1 Å². The van der Waals surface area contributed by atoms with E-state index in [-0.39, 0.29) is 34.6 Å². The number of primary amides is 1. The topological polar surface area (TPSA) is 134 Å². The SMILES string of the molecule is CC#CCn1c(N2CCCC(N)C2)nc2nc(Oc3ccccc3C(N)=O)n(C)c(=O)c21. The summed E-state index contributed by atoms with van der Waals surface area (Å²) in [6.07, 6.45) is 1.89. The molecule has 1 aliphatic rings. The van der Waals surface area contributed by atoms with Gasteiger partial charge in [-0.3, -0.25) is 18.7 Å². The number of rotatable bonds is 5. The van der Waals surface area contributed by atoms with Gasteiger partial charge in [-0.2, -0.15) is 9.97 Å². The molecule has 1 aromatic carbocycles. The molecule has 0 saturated carbocycles. The average Bonchev–Trinajstić information content (AvgIpc) is 3.14. The Balaban J connectivity index is 1.85. The predicted molar refractivity (Wildman–Crippen MR) is 121 cm³/mol. The number of hydrogen-bond acceptors (Lipinski definition) is 7.